The predicted octanol–water partition coefficient (Wildman–Crippen LogP) is 5.73. The minimum Gasteiger partial charge on any atom is -0.435 e. The number of rotatable bonds is 5. The van der Waals surface area contributed by atoms with Crippen molar-refractivity contribution in [1.29, 1.82) is 0 Å². The van der Waals surface area contributed by atoms with Crippen molar-refractivity contribution in [2.45, 2.75) is 24.6 Å². The average molecular weight is 534 g/mol. The molecule has 0 bridgehead atoms. The molecule has 34 heavy (non-hydrogen) atoms. The maximum atomic E-state index is 13.5. The number of pyridine rings is 1. The van der Waals surface area contributed by atoms with Gasteiger partial charge < -0.3 is 9.47 Å². The summed E-state index contributed by atoms with van der Waals surface area (Å²) in [6.45, 7) is -0.753. The number of carbonyl (C=O) groups is 1. The Morgan fingerprint density at radius 2 is 1.97 bits per heavy atom. The maximum Gasteiger partial charge on any atom is 0.426 e. The van der Waals surface area contributed by atoms with Crippen LogP contribution in [0.5, 0.6) is 0 Å². The monoisotopic (exact) mass is 533 g/mol. The number of anilines is 1. The Hall–Kier alpha value is -2.28. The fraction of sp³-hybridized carbons (Fsp3) is 0.400. The Morgan fingerprint density at radius 3 is 2.59 bits per heavy atom. The zero-order valence-electron chi connectivity index (χ0n) is 17.2. The van der Waals surface area contributed by atoms with Crippen LogP contribution in [-0.2, 0) is 15.7 Å². The number of halogens is 8. The van der Waals surface area contributed by atoms with Gasteiger partial charge in [0.1, 0.15) is 5.15 Å². The van der Waals surface area contributed by atoms with Gasteiger partial charge in [0.15, 0.2) is 0 Å². The summed E-state index contributed by atoms with van der Waals surface area (Å²) >= 11 is 5.61. The lowest BCUT2D eigenvalue weighted by Gasteiger charge is -2.35. The number of aromatic nitrogens is 1. The molecule has 3 rings (SSSR count). The van der Waals surface area contributed by atoms with Gasteiger partial charge in [-0.2, -0.15) is 26.3 Å². The Bertz CT molecular complexity index is 960. The molecule has 14 heteroatoms. The van der Waals surface area contributed by atoms with Gasteiger partial charge in [-0.3, -0.25) is 10.2 Å². The number of amides is 1. The third-order valence-electron chi connectivity index (χ3n) is 4.75. The number of nitrogens with zero attached hydrogens (tertiary/aromatic N) is 2. The molecule has 1 aliphatic heterocycles. The van der Waals surface area contributed by atoms with E-state index in [1.807, 2.05) is 0 Å². The SMILES string of the molecule is Cl.O=C(Nc1ccc(Cl)nc1)OC(CN1CCO[C@@H](c2cccc(C(F)(F)F)c2)C1)C(F)(F)F. The third kappa shape index (κ3) is 7.90. The van der Waals surface area contributed by atoms with E-state index in [0.717, 1.165) is 18.3 Å². The van der Waals surface area contributed by atoms with Crippen LogP contribution in [0.4, 0.5) is 36.8 Å². The second kappa shape index (κ2) is 11.4. The maximum absolute atomic E-state index is 13.5. The first-order chi connectivity index (χ1) is 15.4. The minimum absolute atomic E-state index is 0. The summed E-state index contributed by atoms with van der Waals surface area (Å²) in [4.78, 5) is 17.0. The summed E-state index contributed by atoms with van der Waals surface area (Å²) in [5.41, 5.74) is -0.612. The molecule has 1 aromatic heterocycles. The minimum atomic E-state index is -4.88. The number of carbonyl (C=O) groups excluding carboxylic acids is 1. The molecule has 6 nitrogen and oxygen atoms in total. The van der Waals surface area contributed by atoms with Crippen molar-refractivity contribution in [3.63, 3.8) is 0 Å². The van der Waals surface area contributed by atoms with E-state index in [4.69, 9.17) is 16.3 Å². The summed E-state index contributed by atoms with van der Waals surface area (Å²) < 4.78 is 89.5. The molecular formula is C20H19Cl2F6N3O3. The van der Waals surface area contributed by atoms with Gasteiger partial charge in [-0.15, -0.1) is 12.4 Å². The van der Waals surface area contributed by atoms with Gasteiger partial charge in [-0.25, -0.2) is 9.78 Å². The Kier molecular flexibility index (Phi) is 9.40. The molecule has 2 heterocycles. The van der Waals surface area contributed by atoms with Crippen molar-refractivity contribution >= 4 is 35.8 Å². The quantitative estimate of drug-likeness (QED) is 0.393. The topological polar surface area (TPSA) is 63.7 Å². The molecule has 0 aliphatic carbocycles. The fourth-order valence-corrected chi connectivity index (χ4v) is 3.27. The van der Waals surface area contributed by atoms with Crippen LogP contribution >= 0.6 is 24.0 Å². The smallest absolute Gasteiger partial charge is 0.426 e. The number of hydrogen-bond acceptors (Lipinski definition) is 5. The number of ether oxygens (including phenoxy) is 2. The molecule has 1 fully saturated rings. The average Bonchev–Trinajstić information content (AvgIpc) is 2.74. The van der Waals surface area contributed by atoms with E-state index in [9.17, 15) is 31.1 Å². The molecule has 1 amide bonds. The van der Waals surface area contributed by atoms with Crippen molar-refractivity contribution in [3.05, 3.63) is 58.9 Å². The highest BCUT2D eigenvalue weighted by molar-refractivity contribution is 6.29. The lowest BCUT2D eigenvalue weighted by molar-refractivity contribution is -0.209. The van der Waals surface area contributed by atoms with Crippen LogP contribution in [0.3, 0.4) is 0 Å². The number of nitrogens with one attached hydrogen (secondary N) is 1. The van der Waals surface area contributed by atoms with Crippen LogP contribution in [0.1, 0.15) is 17.2 Å². The second-order valence-corrected chi connectivity index (χ2v) is 7.56. The largest absolute Gasteiger partial charge is 0.435 e. The molecule has 0 radical (unpaired) electrons. The second-order valence-electron chi connectivity index (χ2n) is 7.17. The summed E-state index contributed by atoms with van der Waals surface area (Å²) in [7, 11) is 0. The number of benzene rings is 1. The highest BCUT2D eigenvalue weighted by Crippen LogP contribution is 2.33. The van der Waals surface area contributed by atoms with E-state index in [0.29, 0.717) is 0 Å². The van der Waals surface area contributed by atoms with E-state index >= 15 is 0 Å². The lowest BCUT2D eigenvalue weighted by atomic mass is 10.0. The first kappa shape index (κ1) is 28.0. The summed E-state index contributed by atoms with van der Waals surface area (Å²) in [6.07, 6.45) is -13.0. The van der Waals surface area contributed by atoms with Crippen LogP contribution in [0.2, 0.25) is 5.15 Å². The van der Waals surface area contributed by atoms with Crippen LogP contribution in [0, 0.1) is 0 Å². The summed E-state index contributed by atoms with van der Waals surface area (Å²) in [5, 5.41) is 2.26. The van der Waals surface area contributed by atoms with E-state index < -0.39 is 42.8 Å². The Morgan fingerprint density at radius 1 is 1.24 bits per heavy atom. The molecule has 1 aromatic carbocycles. The van der Waals surface area contributed by atoms with Crippen LogP contribution in [0.15, 0.2) is 42.6 Å². The molecule has 0 saturated carbocycles. The highest BCUT2D eigenvalue weighted by atomic mass is 35.5. The highest BCUT2D eigenvalue weighted by Gasteiger charge is 2.44. The van der Waals surface area contributed by atoms with Crippen molar-refractivity contribution in [1.82, 2.24) is 9.88 Å². The van der Waals surface area contributed by atoms with Crippen LogP contribution in [0.25, 0.3) is 0 Å². The first-order valence-electron chi connectivity index (χ1n) is 9.59. The Balaban J connectivity index is 0.00000408. The molecule has 1 aliphatic rings. The van der Waals surface area contributed by atoms with Gasteiger partial charge in [0.2, 0.25) is 6.10 Å². The number of morpholine rings is 1. The Labute approximate surface area is 201 Å². The van der Waals surface area contributed by atoms with Crippen molar-refractivity contribution in [2.75, 3.05) is 31.6 Å². The molecule has 0 spiro atoms. The number of hydrogen-bond donors (Lipinski definition) is 1. The molecule has 188 valence electrons. The van der Waals surface area contributed by atoms with Gasteiger partial charge in [0.05, 0.1) is 30.2 Å². The van der Waals surface area contributed by atoms with Gasteiger partial charge in [-0.1, -0.05) is 23.7 Å². The standard InChI is InChI=1S/C20H18ClF6N3O3.ClH/c21-17-5-4-14(9-28-17)29-18(31)33-16(20(25,26)27)11-30-6-7-32-15(10-30)12-2-1-3-13(8-12)19(22,23)24;/h1-5,8-9,15-16H,6-7,10-11H2,(H,29,31);1H/t15-,16?;/m1./s1. The molecule has 2 aromatic rings. The first-order valence-corrected chi connectivity index (χ1v) is 9.96. The van der Waals surface area contributed by atoms with E-state index in [-0.39, 0.29) is 48.5 Å². The van der Waals surface area contributed by atoms with Gasteiger partial charge in [0, 0.05) is 19.6 Å². The zero-order valence-corrected chi connectivity index (χ0v) is 18.8. The van der Waals surface area contributed by atoms with E-state index in [1.54, 1.807) is 0 Å². The normalized spacial score (nSPS) is 18.0. The number of alkyl halides is 6. The van der Waals surface area contributed by atoms with Gasteiger partial charge >= 0.3 is 18.4 Å². The van der Waals surface area contributed by atoms with Crippen molar-refractivity contribution < 1.29 is 40.6 Å². The molecule has 1 unspecified atom stereocenters. The lowest BCUT2D eigenvalue weighted by Crippen LogP contribution is -2.48. The molecular weight excluding hydrogens is 515 g/mol. The molecule has 1 N–H and O–H groups in total. The van der Waals surface area contributed by atoms with Gasteiger partial charge in [-0.05, 0) is 29.8 Å². The predicted molar refractivity (Wildman–Crippen MR) is 113 cm³/mol. The van der Waals surface area contributed by atoms with Crippen LogP contribution in [-0.4, -0.2) is 54.5 Å². The molecule has 1 saturated heterocycles. The van der Waals surface area contributed by atoms with E-state index in [2.05, 4.69) is 15.0 Å². The van der Waals surface area contributed by atoms with Crippen molar-refractivity contribution in [2.24, 2.45) is 0 Å². The summed E-state index contributed by atoms with van der Waals surface area (Å²) in [5.74, 6) is 0. The summed E-state index contributed by atoms with van der Waals surface area (Å²) in [6, 6.07) is 7.08. The molecule has 2 atom stereocenters. The van der Waals surface area contributed by atoms with Crippen LogP contribution < -0.4 is 5.32 Å². The third-order valence-corrected chi connectivity index (χ3v) is 4.97. The zero-order chi connectivity index (χ0) is 24.2. The van der Waals surface area contributed by atoms with Crippen molar-refractivity contribution in [3.8, 4) is 0 Å². The van der Waals surface area contributed by atoms with Gasteiger partial charge in [0.25, 0.3) is 0 Å². The van der Waals surface area contributed by atoms with E-state index in [1.165, 1.54) is 29.2 Å². The fourth-order valence-electron chi connectivity index (χ4n) is 3.15.